The van der Waals surface area contributed by atoms with Crippen LogP contribution < -0.4 is 0 Å². The number of esters is 1. The fourth-order valence-electron chi connectivity index (χ4n) is 3.11. The Morgan fingerprint density at radius 1 is 1.26 bits per heavy atom. The molecule has 0 aromatic carbocycles. The maximum absolute atomic E-state index is 12.3. The average molecular weight is 337 g/mol. The number of thiophene rings is 1. The standard InChI is InChI=1S/C17H23NO4S/c19-16(15-5-3-11-23-15)18-8-6-13(7-9-18)17(20)22-12-14-4-1-2-10-21-14/h3,5,11,13-14H,1-2,4,6-10,12H2. The fraction of sp³-hybridized carbons (Fsp3) is 0.647. The van der Waals surface area contributed by atoms with Gasteiger partial charge in [-0.3, -0.25) is 9.59 Å². The van der Waals surface area contributed by atoms with Gasteiger partial charge in [0.25, 0.3) is 5.91 Å². The van der Waals surface area contributed by atoms with Crippen LogP contribution in [0.1, 0.15) is 41.8 Å². The molecule has 23 heavy (non-hydrogen) atoms. The number of rotatable bonds is 4. The first-order chi connectivity index (χ1) is 11.2. The molecule has 0 radical (unpaired) electrons. The molecule has 1 amide bonds. The fourth-order valence-corrected chi connectivity index (χ4v) is 3.80. The Morgan fingerprint density at radius 2 is 2.09 bits per heavy atom. The van der Waals surface area contributed by atoms with Crippen molar-refractivity contribution in [2.45, 2.75) is 38.2 Å². The van der Waals surface area contributed by atoms with Gasteiger partial charge >= 0.3 is 5.97 Å². The van der Waals surface area contributed by atoms with Gasteiger partial charge in [0.1, 0.15) is 6.61 Å². The van der Waals surface area contributed by atoms with Gasteiger partial charge in [0, 0.05) is 19.7 Å². The minimum absolute atomic E-state index is 0.0631. The highest BCUT2D eigenvalue weighted by molar-refractivity contribution is 7.12. The smallest absolute Gasteiger partial charge is 0.309 e. The van der Waals surface area contributed by atoms with Gasteiger partial charge < -0.3 is 14.4 Å². The van der Waals surface area contributed by atoms with Crippen LogP contribution in [0.2, 0.25) is 0 Å². The SMILES string of the molecule is O=C(OCC1CCCCO1)C1CCN(C(=O)c2cccs2)CC1. The first-order valence-corrected chi connectivity index (χ1v) is 9.23. The van der Waals surface area contributed by atoms with Crippen molar-refractivity contribution < 1.29 is 19.1 Å². The third-order valence-corrected chi connectivity index (χ3v) is 5.39. The van der Waals surface area contributed by atoms with Gasteiger partial charge in [0.05, 0.1) is 16.9 Å². The second-order valence-electron chi connectivity index (χ2n) is 6.16. The molecule has 6 heteroatoms. The lowest BCUT2D eigenvalue weighted by molar-refractivity contribution is -0.155. The lowest BCUT2D eigenvalue weighted by Crippen LogP contribution is -2.40. The molecule has 5 nitrogen and oxygen atoms in total. The van der Waals surface area contributed by atoms with E-state index in [0.717, 1.165) is 30.7 Å². The van der Waals surface area contributed by atoms with Crippen LogP contribution in [0.3, 0.4) is 0 Å². The highest BCUT2D eigenvalue weighted by Gasteiger charge is 2.29. The number of hydrogen-bond acceptors (Lipinski definition) is 5. The predicted octanol–water partition coefficient (Wildman–Crippen LogP) is 2.71. The minimum Gasteiger partial charge on any atom is -0.463 e. The summed E-state index contributed by atoms with van der Waals surface area (Å²) in [5, 5.41) is 1.91. The molecule has 2 aliphatic rings. The van der Waals surface area contributed by atoms with Crippen molar-refractivity contribution in [2.24, 2.45) is 5.92 Å². The third-order valence-electron chi connectivity index (χ3n) is 4.53. The summed E-state index contributed by atoms with van der Waals surface area (Å²) in [6.45, 7) is 2.38. The van der Waals surface area contributed by atoms with E-state index in [0.29, 0.717) is 32.5 Å². The molecule has 1 aromatic heterocycles. The molecule has 1 unspecified atom stereocenters. The van der Waals surface area contributed by atoms with E-state index in [1.54, 1.807) is 0 Å². The molecule has 1 aromatic rings. The molecule has 0 bridgehead atoms. The number of carbonyl (C=O) groups is 2. The zero-order chi connectivity index (χ0) is 16.1. The maximum atomic E-state index is 12.3. The van der Waals surface area contributed by atoms with Crippen LogP contribution in [-0.2, 0) is 14.3 Å². The van der Waals surface area contributed by atoms with Gasteiger partial charge in [-0.15, -0.1) is 11.3 Å². The topological polar surface area (TPSA) is 55.8 Å². The van der Waals surface area contributed by atoms with E-state index in [2.05, 4.69) is 0 Å². The quantitative estimate of drug-likeness (QED) is 0.793. The summed E-state index contributed by atoms with van der Waals surface area (Å²) in [6.07, 6.45) is 4.64. The first-order valence-electron chi connectivity index (χ1n) is 8.35. The van der Waals surface area contributed by atoms with E-state index < -0.39 is 0 Å². The molecule has 0 saturated carbocycles. The average Bonchev–Trinajstić information content (AvgIpc) is 3.15. The van der Waals surface area contributed by atoms with Crippen molar-refractivity contribution in [2.75, 3.05) is 26.3 Å². The minimum atomic E-state index is -0.137. The molecule has 0 N–H and O–H groups in total. The Morgan fingerprint density at radius 3 is 2.74 bits per heavy atom. The van der Waals surface area contributed by atoms with Gasteiger partial charge in [0.2, 0.25) is 0 Å². The van der Waals surface area contributed by atoms with Crippen LogP contribution in [0.5, 0.6) is 0 Å². The van der Waals surface area contributed by atoms with E-state index in [4.69, 9.17) is 9.47 Å². The van der Waals surface area contributed by atoms with Crippen LogP contribution in [-0.4, -0.2) is 49.2 Å². The summed E-state index contributed by atoms with van der Waals surface area (Å²) in [7, 11) is 0. The van der Waals surface area contributed by atoms with Crippen LogP contribution >= 0.6 is 11.3 Å². The summed E-state index contributed by atoms with van der Waals surface area (Å²) in [4.78, 5) is 27.0. The third kappa shape index (κ3) is 4.32. The summed E-state index contributed by atoms with van der Waals surface area (Å²) >= 11 is 1.46. The van der Waals surface area contributed by atoms with Crippen LogP contribution in [0.15, 0.2) is 17.5 Å². The second-order valence-corrected chi connectivity index (χ2v) is 7.11. The van der Waals surface area contributed by atoms with Gasteiger partial charge in [-0.05, 0) is 43.6 Å². The Balaban J connectivity index is 1.41. The van der Waals surface area contributed by atoms with E-state index in [1.165, 1.54) is 11.3 Å². The molecule has 2 fully saturated rings. The zero-order valence-electron chi connectivity index (χ0n) is 13.2. The normalized spacial score (nSPS) is 22.8. The summed E-state index contributed by atoms with van der Waals surface area (Å²) in [5.74, 6) is -0.157. The largest absolute Gasteiger partial charge is 0.463 e. The Hall–Kier alpha value is -1.40. The van der Waals surface area contributed by atoms with Crippen LogP contribution in [0, 0.1) is 5.92 Å². The van der Waals surface area contributed by atoms with Gasteiger partial charge in [-0.1, -0.05) is 6.07 Å². The predicted molar refractivity (Wildman–Crippen MR) is 87.5 cm³/mol. The number of carbonyl (C=O) groups excluding carboxylic acids is 2. The molecular formula is C17H23NO4S. The molecule has 2 saturated heterocycles. The number of ether oxygens (including phenoxy) is 2. The van der Waals surface area contributed by atoms with Crippen LogP contribution in [0.25, 0.3) is 0 Å². The first kappa shape index (κ1) is 16.5. The van der Waals surface area contributed by atoms with Crippen LogP contribution in [0.4, 0.5) is 0 Å². The Kier molecular flexibility index (Phi) is 5.67. The molecule has 3 heterocycles. The molecule has 1 atom stereocenters. The van der Waals surface area contributed by atoms with E-state index in [9.17, 15) is 9.59 Å². The van der Waals surface area contributed by atoms with Crippen molar-refractivity contribution in [3.8, 4) is 0 Å². The van der Waals surface area contributed by atoms with E-state index >= 15 is 0 Å². The number of amides is 1. The summed E-state index contributed by atoms with van der Waals surface area (Å²) < 4.78 is 11.0. The van der Waals surface area contributed by atoms with E-state index in [1.807, 2.05) is 22.4 Å². The Bertz CT molecular complexity index is 517. The highest BCUT2D eigenvalue weighted by Crippen LogP contribution is 2.22. The van der Waals surface area contributed by atoms with Crippen molar-refractivity contribution in [1.29, 1.82) is 0 Å². The molecular weight excluding hydrogens is 314 g/mol. The van der Waals surface area contributed by atoms with E-state index in [-0.39, 0.29) is 23.9 Å². The molecule has 0 aliphatic carbocycles. The molecule has 0 spiro atoms. The number of nitrogens with zero attached hydrogens (tertiary/aromatic N) is 1. The second kappa shape index (κ2) is 7.93. The molecule has 126 valence electrons. The maximum Gasteiger partial charge on any atom is 0.309 e. The van der Waals surface area contributed by atoms with Gasteiger partial charge in [-0.25, -0.2) is 0 Å². The van der Waals surface area contributed by atoms with Crippen molar-refractivity contribution in [1.82, 2.24) is 4.90 Å². The van der Waals surface area contributed by atoms with Crippen molar-refractivity contribution >= 4 is 23.2 Å². The Labute approximate surface area is 140 Å². The van der Waals surface area contributed by atoms with Crippen molar-refractivity contribution in [3.05, 3.63) is 22.4 Å². The lowest BCUT2D eigenvalue weighted by Gasteiger charge is -2.31. The monoisotopic (exact) mass is 337 g/mol. The number of likely N-dealkylation sites (tertiary alicyclic amines) is 1. The highest BCUT2D eigenvalue weighted by atomic mass is 32.1. The number of piperidine rings is 1. The number of hydrogen-bond donors (Lipinski definition) is 0. The molecule has 3 rings (SSSR count). The van der Waals surface area contributed by atoms with Crippen molar-refractivity contribution in [3.63, 3.8) is 0 Å². The summed E-state index contributed by atoms with van der Waals surface area (Å²) in [5.41, 5.74) is 0. The lowest BCUT2D eigenvalue weighted by atomic mass is 9.97. The zero-order valence-corrected chi connectivity index (χ0v) is 14.1. The van der Waals surface area contributed by atoms with Gasteiger partial charge in [0.15, 0.2) is 0 Å². The summed E-state index contributed by atoms with van der Waals surface area (Å²) in [6, 6.07) is 3.73. The van der Waals surface area contributed by atoms with Gasteiger partial charge in [-0.2, -0.15) is 0 Å². The molecule has 2 aliphatic heterocycles.